The van der Waals surface area contributed by atoms with Gasteiger partial charge >= 0.3 is 6.18 Å². The summed E-state index contributed by atoms with van der Waals surface area (Å²) in [6, 6.07) is 1.03. The Morgan fingerprint density at radius 1 is 1.33 bits per heavy atom. The molecule has 0 saturated heterocycles. The maximum absolute atomic E-state index is 12.4. The standard InChI is InChI=1S/C11H12F3NO3/c1-16-7-4-9-8(17-5-18-9)2-6(7)3-10(15)11(12,13)14/h2,4,10H,3,5,15H2,1H3. The number of hydrogen-bond acceptors (Lipinski definition) is 4. The van der Waals surface area contributed by atoms with Crippen molar-refractivity contribution in [2.75, 3.05) is 13.9 Å². The van der Waals surface area contributed by atoms with Gasteiger partial charge in [0, 0.05) is 12.5 Å². The number of fused-ring (bicyclic) bond motifs is 1. The summed E-state index contributed by atoms with van der Waals surface area (Å²) < 4.78 is 52.5. The fraction of sp³-hybridized carbons (Fsp3) is 0.455. The molecule has 1 aliphatic rings. The van der Waals surface area contributed by atoms with Crippen molar-refractivity contribution < 1.29 is 27.4 Å². The second-order valence-corrected chi connectivity index (χ2v) is 3.87. The highest BCUT2D eigenvalue weighted by molar-refractivity contribution is 5.52. The van der Waals surface area contributed by atoms with Crippen molar-refractivity contribution >= 4 is 0 Å². The molecule has 1 aromatic carbocycles. The predicted molar refractivity (Wildman–Crippen MR) is 56.9 cm³/mol. The van der Waals surface area contributed by atoms with E-state index in [-0.39, 0.29) is 13.2 Å². The lowest BCUT2D eigenvalue weighted by Crippen LogP contribution is -2.39. The lowest BCUT2D eigenvalue weighted by molar-refractivity contribution is -0.147. The van der Waals surface area contributed by atoms with Crippen molar-refractivity contribution in [1.82, 2.24) is 0 Å². The van der Waals surface area contributed by atoms with E-state index in [0.29, 0.717) is 22.8 Å². The molecule has 0 fully saturated rings. The number of benzene rings is 1. The number of hydrogen-bond donors (Lipinski definition) is 1. The molecule has 0 aromatic heterocycles. The summed E-state index contributed by atoms with van der Waals surface area (Å²) >= 11 is 0. The molecule has 4 nitrogen and oxygen atoms in total. The number of rotatable bonds is 3. The van der Waals surface area contributed by atoms with Crippen LogP contribution in [0.4, 0.5) is 13.2 Å². The highest BCUT2D eigenvalue weighted by Gasteiger charge is 2.37. The van der Waals surface area contributed by atoms with Crippen molar-refractivity contribution in [3.05, 3.63) is 17.7 Å². The molecule has 2 rings (SSSR count). The van der Waals surface area contributed by atoms with Gasteiger partial charge in [0.25, 0.3) is 0 Å². The molecule has 0 saturated carbocycles. The van der Waals surface area contributed by atoms with Crippen molar-refractivity contribution in [2.45, 2.75) is 18.6 Å². The molecule has 1 unspecified atom stereocenters. The molecule has 0 bridgehead atoms. The van der Waals surface area contributed by atoms with Gasteiger partial charge < -0.3 is 19.9 Å². The van der Waals surface area contributed by atoms with E-state index in [2.05, 4.69) is 0 Å². The zero-order valence-corrected chi connectivity index (χ0v) is 9.58. The van der Waals surface area contributed by atoms with Crippen LogP contribution in [0.25, 0.3) is 0 Å². The van der Waals surface area contributed by atoms with E-state index in [0.717, 1.165) is 0 Å². The van der Waals surface area contributed by atoms with Gasteiger partial charge in [0.05, 0.1) is 7.11 Å². The molecule has 7 heteroatoms. The van der Waals surface area contributed by atoms with Crippen LogP contribution < -0.4 is 19.9 Å². The lowest BCUT2D eigenvalue weighted by atomic mass is 10.0. The molecule has 1 heterocycles. The maximum atomic E-state index is 12.4. The van der Waals surface area contributed by atoms with Crippen LogP contribution in [0.5, 0.6) is 17.2 Å². The van der Waals surface area contributed by atoms with Crippen LogP contribution in [0.3, 0.4) is 0 Å². The second kappa shape index (κ2) is 4.56. The Kier molecular flexibility index (Phi) is 3.25. The number of nitrogens with two attached hydrogens (primary N) is 1. The molecule has 0 amide bonds. The van der Waals surface area contributed by atoms with Crippen LogP contribution in [-0.4, -0.2) is 26.1 Å². The van der Waals surface area contributed by atoms with E-state index >= 15 is 0 Å². The van der Waals surface area contributed by atoms with E-state index in [1.54, 1.807) is 0 Å². The predicted octanol–water partition coefficient (Wildman–Crippen LogP) is 1.86. The van der Waals surface area contributed by atoms with Gasteiger partial charge in [-0.15, -0.1) is 0 Å². The Balaban J connectivity index is 2.27. The fourth-order valence-electron chi connectivity index (χ4n) is 1.67. The van der Waals surface area contributed by atoms with Gasteiger partial charge in [-0.25, -0.2) is 0 Å². The normalized spacial score (nSPS) is 15.6. The van der Waals surface area contributed by atoms with Gasteiger partial charge in [-0.3, -0.25) is 0 Å². The Bertz CT molecular complexity index is 448. The summed E-state index contributed by atoms with van der Waals surface area (Å²) in [5, 5.41) is 0. The molecule has 0 aliphatic carbocycles. The smallest absolute Gasteiger partial charge is 0.403 e. The van der Waals surface area contributed by atoms with E-state index < -0.39 is 12.2 Å². The molecule has 0 spiro atoms. The molecular formula is C11H12F3NO3. The van der Waals surface area contributed by atoms with Gasteiger partial charge in [0.15, 0.2) is 11.5 Å². The summed E-state index contributed by atoms with van der Waals surface area (Å²) in [6.07, 6.45) is -4.81. The minimum atomic E-state index is -4.44. The summed E-state index contributed by atoms with van der Waals surface area (Å²) in [5.41, 5.74) is 5.44. The Morgan fingerprint density at radius 3 is 2.50 bits per heavy atom. The first-order valence-electron chi connectivity index (χ1n) is 5.20. The van der Waals surface area contributed by atoms with Crippen LogP contribution in [0.15, 0.2) is 12.1 Å². The first kappa shape index (κ1) is 12.8. The Hall–Kier alpha value is -1.63. The highest BCUT2D eigenvalue weighted by atomic mass is 19.4. The molecule has 1 aromatic rings. The van der Waals surface area contributed by atoms with Crippen molar-refractivity contribution in [3.63, 3.8) is 0 Å². The number of ether oxygens (including phenoxy) is 3. The van der Waals surface area contributed by atoms with Crippen molar-refractivity contribution in [2.24, 2.45) is 5.73 Å². The average molecular weight is 263 g/mol. The lowest BCUT2D eigenvalue weighted by Gasteiger charge is -2.17. The first-order valence-corrected chi connectivity index (χ1v) is 5.20. The molecular weight excluding hydrogens is 251 g/mol. The number of methoxy groups -OCH3 is 1. The molecule has 0 radical (unpaired) electrons. The third-order valence-electron chi connectivity index (χ3n) is 2.64. The molecule has 1 atom stereocenters. The second-order valence-electron chi connectivity index (χ2n) is 3.87. The molecule has 100 valence electrons. The summed E-state index contributed by atoms with van der Waals surface area (Å²) in [6.45, 7) is 0.0489. The quantitative estimate of drug-likeness (QED) is 0.904. The Morgan fingerprint density at radius 2 is 1.94 bits per heavy atom. The number of alkyl halides is 3. The first-order chi connectivity index (χ1) is 8.41. The van der Waals surface area contributed by atoms with Gasteiger partial charge in [0.2, 0.25) is 6.79 Å². The third kappa shape index (κ3) is 2.45. The van der Waals surface area contributed by atoms with Crippen LogP contribution in [0.1, 0.15) is 5.56 Å². The van der Waals surface area contributed by atoms with Gasteiger partial charge in [-0.1, -0.05) is 0 Å². The Labute approximate surface area is 101 Å². The van der Waals surface area contributed by atoms with E-state index in [1.807, 2.05) is 0 Å². The molecule has 18 heavy (non-hydrogen) atoms. The van der Waals surface area contributed by atoms with Crippen LogP contribution in [0.2, 0.25) is 0 Å². The summed E-state index contributed by atoms with van der Waals surface area (Å²) in [5.74, 6) is 1.16. The largest absolute Gasteiger partial charge is 0.496 e. The van der Waals surface area contributed by atoms with Gasteiger partial charge in [-0.05, 0) is 11.6 Å². The van der Waals surface area contributed by atoms with Crippen molar-refractivity contribution in [1.29, 1.82) is 0 Å². The number of halogens is 3. The van der Waals surface area contributed by atoms with Gasteiger partial charge in [0.1, 0.15) is 11.8 Å². The zero-order valence-electron chi connectivity index (χ0n) is 9.58. The van der Waals surface area contributed by atoms with E-state index in [9.17, 15) is 13.2 Å². The van der Waals surface area contributed by atoms with Crippen molar-refractivity contribution in [3.8, 4) is 17.2 Å². The van der Waals surface area contributed by atoms with Crippen LogP contribution in [-0.2, 0) is 6.42 Å². The summed E-state index contributed by atoms with van der Waals surface area (Å²) in [4.78, 5) is 0. The van der Waals surface area contributed by atoms with Crippen LogP contribution >= 0.6 is 0 Å². The minimum absolute atomic E-state index is 0.0489. The average Bonchev–Trinajstić information content (AvgIpc) is 2.73. The minimum Gasteiger partial charge on any atom is -0.496 e. The van der Waals surface area contributed by atoms with Gasteiger partial charge in [-0.2, -0.15) is 13.2 Å². The maximum Gasteiger partial charge on any atom is 0.403 e. The molecule has 1 aliphatic heterocycles. The topological polar surface area (TPSA) is 53.7 Å². The third-order valence-corrected chi connectivity index (χ3v) is 2.64. The fourth-order valence-corrected chi connectivity index (χ4v) is 1.67. The monoisotopic (exact) mass is 263 g/mol. The zero-order chi connectivity index (χ0) is 13.3. The van der Waals surface area contributed by atoms with Crippen LogP contribution in [0, 0.1) is 0 Å². The molecule has 2 N–H and O–H groups in total. The van der Waals surface area contributed by atoms with E-state index in [1.165, 1.54) is 19.2 Å². The van der Waals surface area contributed by atoms with E-state index in [4.69, 9.17) is 19.9 Å². The SMILES string of the molecule is COc1cc2c(cc1CC(N)C(F)(F)F)OCO2. The highest BCUT2D eigenvalue weighted by Crippen LogP contribution is 2.39. The summed E-state index contributed by atoms with van der Waals surface area (Å²) in [7, 11) is 1.38.